The third-order valence-electron chi connectivity index (χ3n) is 2.40. The molecule has 1 aliphatic heterocycles. The van der Waals surface area contributed by atoms with E-state index >= 15 is 0 Å². The third-order valence-corrected chi connectivity index (χ3v) is 3.25. The molecule has 7 heteroatoms. The molecular formula is C10H16ClN3O2S. The van der Waals surface area contributed by atoms with E-state index in [0.29, 0.717) is 13.0 Å². The Kier molecular flexibility index (Phi) is 5.84. The molecule has 2 rings (SSSR count). The Morgan fingerprint density at radius 1 is 1.76 bits per heavy atom. The Balaban J connectivity index is 0.00000144. The summed E-state index contributed by atoms with van der Waals surface area (Å²) in [5.74, 6) is -0.0962. The lowest BCUT2D eigenvalue weighted by molar-refractivity contribution is -0.119. The van der Waals surface area contributed by atoms with Gasteiger partial charge < -0.3 is 14.6 Å². The maximum absolute atomic E-state index is 11.7. The molecule has 0 aliphatic carbocycles. The Morgan fingerprint density at radius 2 is 2.59 bits per heavy atom. The molecule has 1 atom stereocenters. The largest absolute Gasteiger partial charge is 0.378 e. The lowest BCUT2D eigenvalue weighted by Crippen LogP contribution is -2.42. The predicted octanol–water partition coefficient (Wildman–Crippen LogP) is 0.314. The number of hydrogen-bond acceptors (Lipinski definition) is 4. The van der Waals surface area contributed by atoms with Crippen LogP contribution in [0.4, 0.5) is 0 Å². The van der Waals surface area contributed by atoms with E-state index in [1.54, 1.807) is 0 Å². The molecule has 1 saturated heterocycles. The van der Waals surface area contributed by atoms with Crippen LogP contribution in [0, 0.1) is 0 Å². The standard InChI is InChI=1S/C10H15N3O2S.ClH/c1-13-3-5-16-10(13)12-9(14)6-8-7-15-4-2-11-8;/h3,5,8,11H,2,4,6-7H2,1H3;1H. The number of thiazole rings is 1. The molecule has 5 nitrogen and oxygen atoms in total. The predicted molar refractivity (Wildman–Crippen MR) is 68.3 cm³/mol. The smallest absolute Gasteiger partial charge is 0.249 e. The zero-order valence-corrected chi connectivity index (χ0v) is 11.2. The summed E-state index contributed by atoms with van der Waals surface area (Å²) in [7, 11) is 1.88. The van der Waals surface area contributed by atoms with E-state index in [1.165, 1.54) is 11.3 Å². The van der Waals surface area contributed by atoms with Crippen LogP contribution in [-0.4, -0.2) is 36.3 Å². The van der Waals surface area contributed by atoms with Crippen LogP contribution in [0.2, 0.25) is 0 Å². The number of aromatic nitrogens is 1. The lowest BCUT2D eigenvalue weighted by atomic mass is 10.2. The quantitative estimate of drug-likeness (QED) is 0.847. The summed E-state index contributed by atoms with van der Waals surface area (Å²) in [6.07, 6.45) is 2.29. The molecule has 0 spiro atoms. The van der Waals surface area contributed by atoms with Crippen molar-refractivity contribution in [1.29, 1.82) is 0 Å². The van der Waals surface area contributed by atoms with Gasteiger partial charge in [-0.2, -0.15) is 4.99 Å². The topological polar surface area (TPSA) is 55.6 Å². The second kappa shape index (κ2) is 6.90. The van der Waals surface area contributed by atoms with Crippen molar-refractivity contribution in [3.63, 3.8) is 0 Å². The lowest BCUT2D eigenvalue weighted by Gasteiger charge is -2.22. The van der Waals surface area contributed by atoms with Crippen LogP contribution in [-0.2, 0) is 16.6 Å². The van der Waals surface area contributed by atoms with E-state index in [-0.39, 0.29) is 24.4 Å². The number of nitrogens with zero attached hydrogens (tertiary/aromatic N) is 2. The van der Waals surface area contributed by atoms with Gasteiger partial charge in [0.05, 0.1) is 13.2 Å². The maximum Gasteiger partial charge on any atom is 0.249 e. The van der Waals surface area contributed by atoms with E-state index in [2.05, 4.69) is 10.3 Å². The minimum atomic E-state index is -0.0962. The van der Waals surface area contributed by atoms with Gasteiger partial charge in [0.2, 0.25) is 5.91 Å². The summed E-state index contributed by atoms with van der Waals surface area (Å²) in [5.41, 5.74) is 0. The van der Waals surface area contributed by atoms with Crippen molar-refractivity contribution in [3.8, 4) is 0 Å². The van der Waals surface area contributed by atoms with Crippen molar-refractivity contribution in [2.24, 2.45) is 12.0 Å². The van der Waals surface area contributed by atoms with Gasteiger partial charge in [0.15, 0.2) is 4.80 Å². The van der Waals surface area contributed by atoms with E-state index in [4.69, 9.17) is 4.74 Å². The van der Waals surface area contributed by atoms with E-state index < -0.39 is 0 Å². The van der Waals surface area contributed by atoms with Crippen molar-refractivity contribution >= 4 is 29.7 Å². The highest BCUT2D eigenvalue weighted by Crippen LogP contribution is 1.99. The van der Waals surface area contributed by atoms with Crippen LogP contribution in [0.5, 0.6) is 0 Å². The van der Waals surface area contributed by atoms with Crippen molar-refractivity contribution in [3.05, 3.63) is 16.4 Å². The van der Waals surface area contributed by atoms with Gasteiger partial charge in [-0.3, -0.25) is 4.79 Å². The van der Waals surface area contributed by atoms with Crippen LogP contribution >= 0.6 is 23.7 Å². The van der Waals surface area contributed by atoms with Crippen molar-refractivity contribution in [2.45, 2.75) is 12.5 Å². The highest BCUT2D eigenvalue weighted by atomic mass is 35.5. The molecular weight excluding hydrogens is 262 g/mol. The molecule has 0 aromatic carbocycles. The normalized spacial score (nSPS) is 21.0. The molecule has 1 aliphatic rings. The van der Waals surface area contributed by atoms with Crippen LogP contribution in [0.15, 0.2) is 16.6 Å². The van der Waals surface area contributed by atoms with Gasteiger partial charge in [-0.05, 0) is 0 Å². The number of halogens is 1. The first-order valence-corrected chi connectivity index (χ1v) is 6.12. The SMILES string of the molecule is Cl.Cn1ccsc1=NC(=O)CC1COCCN1. The van der Waals surface area contributed by atoms with Gasteiger partial charge in [-0.1, -0.05) is 0 Å². The summed E-state index contributed by atoms with van der Waals surface area (Å²) in [6.45, 7) is 2.13. The summed E-state index contributed by atoms with van der Waals surface area (Å²) < 4.78 is 7.12. The number of rotatable bonds is 2. The van der Waals surface area contributed by atoms with Gasteiger partial charge in [-0.15, -0.1) is 23.7 Å². The number of amides is 1. The minimum absolute atomic E-state index is 0. The van der Waals surface area contributed by atoms with Crippen LogP contribution < -0.4 is 10.1 Å². The highest BCUT2D eigenvalue weighted by Gasteiger charge is 2.16. The first-order chi connectivity index (χ1) is 7.75. The van der Waals surface area contributed by atoms with Crippen molar-refractivity contribution in [2.75, 3.05) is 19.8 Å². The maximum atomic E-state index is 11.7. The van der Waals surface area contributed by atoms with E-state index in [0.717, 1.165) is 18.0 Å². The second-order valence-electron chi connectivity index (χ2n) is 3.73. The Labute approximate surface area is 110 Å². The fourth-order valence-corrected chi connectivity index (χ4v) is 2.30. The van der Waals surface area contributed by atoms with Gasteiger partial charge in [-0.25, -0.2) is 0 Å². The molecule has 17 heavy (non-hydrogen) atoms. The number of ether oxygens (including phenoxy) is 1. The van der Waals surface area contributed by atoms with Crippen LogP contribution in [0.3, 0.4) is 0 Å². The van der Waals surface area contributed by atoms with Crippen molar-refractivity contribution < 1.29 is 9.53 Å². The second-order valence-corrected chi connectivity index (χ2v) is 4.61. The minimum Gasteiger partial charge on any atom is -0.378 e. The molecule has 0 radical (unpaired) electrons. The highest BCUT2D eigenvalue weighted by molar-refractivity contribution is 7.07. The first-order valence-electron chi connectivity index (χ1n) is 5.24. The number of carbonyl (C=O) groups is 1. The molecule has 1 N–H and O–H groups in total. The number of carbonyl (C=O) groups excluding carboxylic acids is 1. The van der Waals surface area contributed by atoms with E-state index in [1.807, 2.05) is 23.2 Å². The monoisotopic (exact) mass is 277 g/mol. The summed E-state index contributed by atoms with van der Waals surface area (Å²) in [5, 5.41) is 5.15. The van der Waals surface area contributed by atoms with Gasteiger partial charge in [0, 0.05) is 37.6 Å². The Bertz CT molecular complexity index is 423. The van der Waals surface area contributed by atoms with Gasteiger partial charge >= 0.3 is 0 Å². The average molecular weight is 278 g/mol. The molecule has 1 amide bonds. The van der Waals surface area contributed by atoms with Crippen molar-refractivity contribution in [1.82, 2.24) is 9.88 Å². The summed E-state index contributed by atoms with van der Waals surface area (Å²) in [4.78, 5) is 16.5. The zero-order valence-electron chi connectivity index (χ0n) is 9.59. The van der Waals surface area contributed by atoms with Gasteiger partial charge in [0.1, 0.15) is 0 Å². The summed E-state index contributed by atoms with van der Waals surface area (Å²) in [6, 6.07) is 0.107. The fourth-order valence-electron chi connectivity index (χ4n) is 1.55. The van der Waals surface area contributed by atoms with Crippen LogP contribution in [0.25, 0.3) is 0 Å². The first kappa shape index (κ1) is 14.4. The molecule has 1 aromatic rings. The fraction of sp³-hybridized carbons (Fsp3) is 0.600. The zero-order chi connectivity index (χ0) is 11.4. The van der Waals surface area contributed by atoms with Crippen LogP contribution in [0.1, 0.15) is 6.42 Å². The molecule has 1 fully saturated rings. The molecule has 1 unspecified atom stereocenters. The molecule has 0 bridgehead atoms. The molecule has 96 valence electrons. The van der Waals surface area contributed by atoms with E-state index in [9.17, 15) is 4.79 Å². The Morgan fingerprint density at radius 3 is 3.18 bits per heavy atom. The third kappa shape index (κ3) is 4.23. The molecule has 2 heterocycles. The number of nitrogens with one attached hydrogen (secondary N) is 1. The number of hydrogen-bond donors (Lipinski definition) is 1. The van der Waals surface area contributed by atoms with Gasteiger partial charge in [0.25, 0.3) is 0 Å². The number of aryl methyl sites for hydroxylation is 1. The molecule has 0 saturated carbocycles. The summed E-state index contributed by atoms with van der Waals surface area (Å²) >= 11 is 1.46. The average Bonchev–Trinajstić information content (AvgIpc) is 2.66. The number of morpholine rings is 1. The Hall–Kier alpha value is -0.690. The molecule has 1 aromatic heterocycles.